The molecule has 3 rings (SSSR count). The van der Waals surface area contributed by atoms with Crippen molar-refractivity contribution < 1.29 is 4.79 Å². The van der Waals surface area contributed by atoms with E-state index in [1.165, 1.54) is 4.57 Å². The van der Waals surface area contributed by atoms with Gasteiger partial charge in [-0.25, -0.2) is 9.78 Å². The molecule has 0 radical (unpaired) electrons. The van der Waals surface area contributed by atoms with E-state index in [4.69, 9.17) is 5.73 Å². The molecule has 2 heterocycles. The summed E-state index contributed by atoms with van der Waals surface area (Å²) >= 11 is 0. The van der Waals surface area contributed by atoms with Crippen molar-refractivity contribution in [3.8, 4) is 0 Å². The summed E-state index contributed by atoms with van der Waals surface area (Å²) in [6.45, 7) is 2.98. The molecule has 9 heteroatoms. The molecule has 1 amide bonds. The van der Waals surface area contributed by atoms with Crippen molar-refractivity contribution in [2.24, 2.45) is 5.73 Å². The van der Waals surface area contributed by atoms with E-state index in [1.807, 2.05) is 6.92 Å². The van der Waals surface area contributed by atoms with E-state index in [9.17, 15) is 14.4 Å². The fourth-order valence-corrected chi connectivity index (χ4v) is 2.77. The van der Waals surface area contributed by atoms with Crippen molar-refractivity contribution >= 4 is 29.3 Å². The number of hydrogen-bond acceptors (Lipinski definition) is 5. The molecule has 2 aromatic rings. The van der Waals surface area contributed by atoms with Crippen LogP contribution < -0.4 is 22.3 Å². The van der Waals surface area contributed by atoms with Gasteiger partial charge in [0.05, 0.1) is 10.9 Å². The summed E-state index contributed by atoms with van der Waals surface area (Å²) in [7, 11) is 0. The smallest absolute Gasteiger partial charge is 0.329 e. The van der Waals surface area contributed by atoms with Crippen LogP contribution in [0, 0.1) is 0 Å². The summed E-state index contributed by atoms with van der Waals surface area (Å²) in [5, 5.41) is 2.84. The molecule has 0 unspecified atom stereocenters. The predicted molar refractivity (Wildman–Crippen MR) is 97.5 cm³/mol. The molecule has 1 aliphatic carbocycles. The fourth-order valence-electron chi connectivity index (χ4n) is 2.77. The van der Waals surface area contributed by atoms with E-state index in [1.54, 1.807) is 6.07 Å². The Morgan fingerprint density at radius 3 is 2.76 bits per heavy atom. The first-order valence-electron chi connectivity index (χ1n) is 8.22. The number of aryl methyl sites for hydroxylation is 1. The number of carbonyl (C=O) groups excluding carboxylic acids is 1. The molecule has 0 aliphatic heterocycles. The first-order valence-corrected chi connectivity index (χ1v) is 8.22. The Morgan fingerprint density at radius 1 is 1.44 bits per heavy atom. The van der Waals surface area contributed by atoms with Crippen LogP contribution in [0.15, 0.2) is 15.7 Å². The van der Waals surface area contributed by atoms with Crippen LogP contribution in [0.25, 0.3) is 11.0 Å². The lowest BCUT2D eigenvalue weighted by Crippen LogP contribution is -2.34. The summed E-state index contributed by atoms with van der Waals surface area (Å²) in [6, 6.07) is 1.67. The molecule has 1 fully saturated rings. The lowest BCUT2D eigenvalue weighted by molar-refractivity contribution is 0.0956. The summed E-state index contributed by atoms with van der Waals surface area (Å²) in [6.07, 6.45) is 2.72. The zero-order chi connectivity index (χ0) is 17.3. The monoisotopic (exact) mass is 367 g/mol. The molecule has 1 saturated carbocycles. The molecule has 0 bridgehead atoms. The Hall–Kier alpha value is -2.19. The van der Waals surface area contributed by atoms with Gasteiger partial charge in [0.25, 0.3) is 11.5 Å². The highest BCUT2D eigenvalue weighted by Gasteiger charge is 2.28. The maximum absolute atomic E-state index is 12.5. The third kappa shape index (κ3) is 3.74. The summed E-state index contributed by atoms with van der Waals surface area (Å²) in [5.41, 5.74) is 5.64. The highest BCUT2D eigenvalue weighted by Crippen LogP contribution is 2.39. The summed E-state index contributed by atoms with van der Waals surface area (Å²) in [5.74, 6) is -0.0816. The van der Waals surface area contributed by atoms with Crippen molar-refractivity contribution in [3.05, 3.63) is 38.2 Å². The molecular formula is C16H22ClN5O3. The number of nitrogens with two attached hydrogens (primary N) is 1. The number of pyridine rings is 1. The second-order valence-corrected chi connectivity index (χ2v) is 6.02. The van der Waals surface area contributed by atoms with Gasteiger partial charge in [-0.1, -0.05) is 6.92 Å². The molecular weight excluding hydrogens is 346 g/mol. The second kappa shape index (κ2) is 7.79. The molecule has 0 spiro atoms. The minimum atomic E-state index is -0.588. The SMILES string of the molecule is CCCn1c(=O)[nH]c(=O)c2c(C(=O)NCCN)cc(C3CC3)nc21.Cl. The molecule has 2 aromatic heterocycles. The van der Waals surface area contributed by atoms with Gasteiger partial charge in [0.15, 0.2) is 5.65 Å². The number of carbonyl (C=O) groups is 1. The van der Waals surface area contributed by atoms with E-state index < -0.39 is 11.2 Å². The first kappa shape index (κ1) is 19.1. The lowest BCUT2D eigenvalue weighted by atomic mass is 10.1. The normalized spacial score (nSPS) is 13.5. The van der Waals surface area contributed by atoms with Crippen LogP contribution in [0.3, 0.4) is 0 Å². The second-order valence-electron chi connectivity index (χ2n) is 6.02. The van der Waals surface area contributed by atoms with E-state index in [0.29, 0.717) is 32.0 Å². The van der Waals surface area contributed by atoms with Gasteiger partial charge >= 0.3 is 5.69 Å². The summed E-state index contributed by atoms with van der Waals surface area (Å²) < 4.78 is 1.43. The minimum absolute atomic E-state index is 0. The minimum Gasteiger partial charge on any atom is -0.351 e. The third-order valence-electron chi connectivity index (χ3n) is 4.09. The van der Waals surface area contributed by atoms with E-state index in [-0.39, 0.29) is 34.9 Å². The maximum Gasteiger partial charge on any atom is 0.329 e. The summed E-state index contributed by atoms with van der Waals surface area (Å²) in [4.78, 5) is 43.8. The number of hydrogen-bond donors (Lipinski definition) is 3. The average Bonchev–Trinajstić information content (AvgIpc) is 3.40. The van der Waals surface area contributed by atoms with Gasteiger partial charge in [0.1, 0.15) is 0 Å². The fraction of sp³-hybridized carbons (Fsp3) is 0.500. The van der Waals surface area contributed by atoms with Gasteiger partial charge in [0, 0.05) is 31.2 Å². The zero-order valence-corrected chi connectivity index (χ0v) is 14.8. The van der Waals surface area contributed by atoms with Crippen LogP contribution >= 0.6 is 12.4 Å². The number of aromatic amines is 1. The van der Waals surface area contributed by atoms with Gasteiger partial charge in [-0.05, 0) is 25.3 Å². The van der Waals surface area contributed by atoms with Crippen molar-refractivity contribution in [2.75, 3.05) is 13.1 Å². The van der Waals surface area contributed by atoms with Crippen LogP contribution in [0.1, 0.15) is 48.2 Å². The molecule has 25 heavy (non-hydrogen) atoms. The van der Waals surface area contributed by atoms with Crippen LogP contribution in [0.5, 0.6) is 0 Å². The zero-order valence-electron chi connectivity index (χ0n) is 14.0. The Morgan fingerprint density at radius 2 is 2.16 bits per heavy atom. The molecule has 136 valence electrons. The van der Waals surface area contributed by atoms with Crippen LogP contribution in [0.4, 0.5) is 0 Å². The van der Waals surface area contributed by atoms with Crippen LogP contribution in [-0.2, 0) is 6.54 Å². The molecule has 8 nitrogen and oxygen atoms in total. The van der Waals surface area contributed by atoms with Gasteiger partial charge in [-0.2, -0.15) is 0 Å². The number of rotatable bonds is 6. The van der Waals surface area contributed by atoms with Gasteiger partial charge in [-0.15, -0.1) is 12.4 Å². The number of H-pyrrole nitrogens is 1. The number of amides is 1. The number of nitrogens with one attached hydrogen (secondary N) is 2. The van der Waals surface area contributed by atoms with Gasteiger partial charge in [0.2, 0.25) is 0 Å². The van der Waals surface area contributed by atoms with Crippen molar-refractivity contribution in [1.82, 2.24) is 19.9 Å². The molecule has 0 atom stereocenters. The first-order chi connectivity index (χ1) is 11.6. The van der Waals surface area contributed by atoms with Crippen molar-refractivity contribution in [3.63, 3.8) is 0 Å². The average molecular weight is 368 g/mol. The number of nitrogens with zero attached hydrogens (tertiary/aromatic N) is 2. The quantitative estimate of drug-likeness (QED) is 0.685. The maximum atomic E-state index is 12.5. The Bertz CT molecular complexity index is 901. The topological polar surface area (TPSA) is 123 Å². The molecule has 0 saturated heterocycles. The van der Waals surface area contributed by atoms with E-state index in [0.717, 1.165) is 18.5 Å². The van der Waals surface area contributed by atoms with Gasteiger partial charge < -0.3 is 11.1 Å². The molecule has 1 aliphatic rings. The van der Waals surface area contributed by atoms with Crippen LogP contribution in [0.2, 0.25) is 0 Å². The number of aromatic nitrogens is 3. The van der Waals surface area contributed by atoms with Gasteiger partial charge in [-0.3, -0.25) is 19.1 Å². The Kier molecular flexibility index (Phi) is 5.97. The molecule has 0 aromatic carbocycles. The highest BCUT2D eigenvalue weighted by molar-refractivity contribution is 6.05. The lowest BCUT2D eigenvalue weighted by Gasteiger charge is -2.12. The van der Waals surface area contributed by atoms with E-state index in [2.05, 4.69) is 15.3 Å². The van der Waals surface area contributed by atoms with E-state index >= 15 is 0 Å². The predicted octanol–water partition coefficient (Wildman–Crippen LogP) is 0.483. The highest BCUT2D eigenvalue weighted by atomic mass is 35.5. The Labute approximate surface area is 150 Å². The number of fused-ring (bicyclic) bond motifs is 1. The van der Waals surface area contributed by atoms with Crippen LogP contribution in [-0.4, -0.2) is 33.5 Å². The van der Waals surface area contributed by atoms with Crippen molar-refractivity contribution in [2.45, 2.75) is 38.6 Å². The molecule has 4 N–H and O–H groups in total. The Balaban J connectivity index is 0.00000225. The number of halogens is 1. The third-order valence-corrected chi connectivity index (χ3v) is 4.09. The largest absolute Gasteiger partial charge is 0.351 e. The van der Waals surface area contributed by atoms with Crippen molar-refractivity contribution in [1.29, 1.82) is 0 Å². The standard InChI is InChI=1S/C16H21N5O3.ClH/c1-2-7-21-13-12(15(23)20-16(21)24)10(14(22)18-6-5-17)8-11(19-13)9-3-4-9;/h8-9H,2-7,17H2,1H3,(H,18,22)(H,20,23,24);1H.